The molecule has 0 spiro atoms. The molecule has 166 valence electrons. The molecule has 2 aliphatic rings. The molecule has 0 saturated carbocycles. The zero-order valence-electron chi connectivity index (χ0n) is 18.0. The maximum Gasteiger partial charge on any atom is 0.243 e. The van der Waals surface area contributed by atoms with Crippen molar-refractivity contribution < 1.29 is 14.3 Å². The molecule has 0 radical (unpaired) electrons. The Hall–Kier alpha value is -2.13. The highest BCUT2D eigenvalue weighted by Gasteiger charge is 2.30. The second-order valence-electron chi connectivity index (χ2n) is 7.88. The number of hydrogen-bond donors (Lipinski definition) is 1. The van der Waals surface area contributed by atoms with Crippen LogP contribution in [0.5, 0.6) is 0 Å². The van der Waals surface area contributed by atoms with E-state index in [9.17, 15) is 9.59 Å². The van der Waals surface area contributed by atoms with Gasteiger partial charge in [0.15, 0.2) is 5.96 Å². The Labute approximate surface area is 182 Å². The number of likely N-dealkylation sites (N-methyl/N-ethyl adjacent to an activating group) is 1. The lowest BCUT2D eigenvalue weighted by atomic mass is 9.95. The number of thiophene rings is 1. The Bertz CT molecular complexity index is 708. The van der Waals surface area contributed by atoms with Crippen molar-refractivity contribution >= 4 is 29.1 Å². The zero-order valence-corrected chi connectivity index (χ0v) is 18.8. The highest BCUT2D eigenvalue weighted by Crippen LogP contribution is 2.20. The van der Waals surface area contributed by atoms with Crippen LogP contribution in [0.15, 0.2) is 22.5 Å². The van der Waals surface area contributed by atoms with Crippen LogP contribution in [0.25, 0.3) is 0 Å². The minimum atomic E-state index is -0.0232. The molecule has 0 bridgehead atoms. The summed E-state index contributed by atoms with van der Waals surface area (Å²) in [5.74, 6) is 1.06. The van der Waals surface area contributed by atoms with E-state index in [1.54, 1.807) is 30.3 Å². The molecule has 2 aliphatic heterocycles. The third-order valence-electron chi connectivity index (χ3n) is 5.56. The summed E-state index contributed by atoms with van der Waals surface area (Å²) in [6.45, 7) is 5.09. The fourth-order valence-corrected chi connectivity index (χ4v) is 4.39. The van der Waals surface area contributed by atoms with Crippen LogP contribution in [0, 0.1) is 5.92 Å². The van der Waals surface area contributed by atoms with Gasteiger partial charge in [-0.3, -0.25) is 9.59 Å². The van der Waals surface area contributed by atoms with Crippen molar-refractivity contribution in [2.75, 3.05) is 66.6 Å². The molecule has 1 aromatic heterocycles. The fraction of sp³-hybridized carbons (Fsp3) is 0.667. The summed E-state index contributed by atoms with van der Waals surface area (Å²) >= 11 is 1.74. The van der Waals surface area contributed by atoms with Gasteiger partial charge in [-0.2, -0.15) is 0 Å². The lowest BCUT2D eigenvalue weighted by Gasteiger charge is -2.36. The smallest absolute Gasteiger partial charge is 0.243 e. The molecule has 1 aromatic rings. The van der Waals surface area contributed by atoms with Crippen molar-refractivity contribution in [3.05, 3.63) is 22.4 Å². The van der Waals surface area contributed by atoms with Crippen molar-refractivity contribution in [1.29, 1.82) is 0 Å². The van der Waals surface area contributed by atoms with E-state index in [4.69, 9.17) is 4.74 Å². The number of aliphatic imine (C=N–C) groups is 1. The summed E-state index contributed by atoms with van der Waals surface area (Å²) < 4.78 is 5.36. The summed E-state index contributed by atoms with van der Waals surface area (Å²) in [4.78, 5) is 36.4. The van der Waals surface area contributed by atoms with Crippen LogP contribution < -0.4 is 5.32 Å². The Kier molecular flexibility index (Phi) is 8.50. The molecule has 3 rings (SSSR count). The monoisotopic (exact) mass is 435 g/mol. The Morgan fingerprint density at radius 3 is 2.57 bits per heavy atom. The van der Waals surface area contributed by atoms with Crippen LogP contribution in [0.3, 0.4) is 0 Å². The van der Waals surface area contributed by atoms with Crippen molar-refractivity contribution in [2.24, 2.45) is 10.9 Å². The first-order valence-corrected chi connectivity index (χ1v) is 11.5. The summed E-state index contributed by atoms with van der Waals surface area (Å²) in [6.07, 6.45) is 2.54. The van der Waals surface area contributed by atoms with Crippen molar-refractivity contribution in [3.8, 4) is 0 Å². The largest absolute Gasteiger partial charge is 0.378 e. The summed E-state index contributed by atoms with van der Waals surface area (Å²) in [7, 11) is 3.48. The number of ether oxygens (including phenoxy) is 1. The van der Waals surface area contributed by atoms with Gasteiger partial charge in [0, 0.05) is 57.6 Å². The van der Waals surface area contributed by atoms with Crippen molar-refractivity contribution in [2.45, 2.75) is 19.3 Å². The highest BCUT2D eigenvalue weighted by atomic mass is 32.1. The molecule has 0 aromatic carbocycles. The lowest BCUT2D eigenvalue weighted by Crippen LogP contribution is -2.50. The molecule has 9 heteroatoms. The van der Waals surface area contributed by atoms with E-state index in [0.717, 1.165) is 44.9 Å². The van der Waals surface area contributed by atoms with Gasteiger partial charge in [0.1, 0.15) is 6.54 Å². The van der Waals surface area contributed by atoms with Crippen molar-refractivity contribution in [1.82, 2.24) is 20.0 Å². The average molecular weight is 436 g/mol. The molecule has 2 saturated heterocycles. The Morgan fingerprint density at radius 2 is 1.93 bits per heavy atom. The quantitative estimate of drug-likeness (QED) is 0.531. The Balaban J connectivity index is 1.55. The van der Waals surface area contributed by atoms with Gasteiger partial charge < -0.3 is 24.8 Å². The van der Waals surface area contributed by atoms with Gasteiger partial charge >= 0.3 is 0 Å². The normalized spacial score (nSPS) is 18.4. The van der Waals surface area contributed by atoms with Gasteiger partial charge in [-0.1, -0.05) is 6.07 Å². The molecule has 2 amide bonds. The molecule has 0 aliphatic carbocycles. The zero-order chi connectivity index (χ0) is 21.3. The third kappa shape index (κ3) is 6.43. The molecule has 8 nitrogen and oxygen atoms in total. The van der Waals surface area contributed by atoms with E-state index in [2.05, 4.69) is 32.7 Å². The minimum Gasteiger partial charge on any atom is -0.378 e. The van der Waals surface area contributed by atoms with Gasteiger partial charge in [-0.05, 0) is 30.7 Å². The van der Waals surface area contributed by atoms with E-state index in [-0.39, 0.29) is 24.3 Å². The van der Waals surface area contributed by atoms with E-state index in [1.165, 1.54) is 4.88 Å². The van der Waals surface area contributed by atoms with E-state index in [0.29, 0.717) is 26.3 Å². The number of hydrogen-bond acceptors (Lipinski definition) is 5. The predicted octanol–water partition coefficient (Wildman–Crippen LogP) is 0.895. The van der Waals surface area contributed by atoms with Gasteiger partial charge in [-0.15, -0.1) is 11.3 Å². The second kappa shape index (κ2) is 11.3. The number of likely N-dealkylation sites (tertiary alicyclic amines) is 1. The number of amides is 2. The summed E-state index contributed by atoms with van der Waals surface area (Å²) in [5.41, 5.74) is 0. The van der Waals surface area contributed by atoms with Gasteiger partial charge in [0.2, 0.25) is 11.8 Å². The first-order chi connectivity index (χ1) is 14.5. The lowest BCUT2D eigenvalue weighted by molar-refractivity contribution is -0.140. The fourth-order valence-electron chi connectivity index (χ4n) is 3.68. The van der Waals surface area contributed by atoms with Crippen LogP contribution in [-0.4, -0.2) is 99.1 Å². The molecule has 3 heterocycles. The molecular formula is C21H33N5O3S. The SMILES string of the molecule is CN(C)C(=O)CN=C(NCCc1cccs1)N1CCC(C(=O)N2CCOCC2)CC1. The molecule has 1 N–H and O–H groups in total. The maximum absolute atomic E-state index is 12.8. The number of nitrogens with zero attached hydrogens (tertiary/aromatic N) is 4. The van der Waals surface area contributed by atoms with Gasteiger partial charge in [0.25, 0.3) is 0 Å². The van der Waals surface area contributed by atoms with Gasteiger partial charge in [-0.25, -0.2) is 4.99 Å². The number of nitrogens with one attached hydrogen (secondary N) is 1. The third-order valence-corrected chi connectivity index (χ3v) is 6.50. The number of guanidine groups is 1. The average Bonchev–Trinajstić information content (AvgIpc) is 3.29. The standard InChI is InChI=1S/C21H33N5O3S/c1-24(2)19(27)16-23-21(22-8-5-18-4-3-15-30-18)26-9-6-17(7-10-26)20(28)25-11-13-29-14-12-25/h3-4,15,17H,5-14,16H2,1-2H3,(H,22,23). The van der Waals surface area contributed by atoms with Gasteiger partial charge in [0.05, 0.1) is 13.2 Å². The number of rotatable bonds is 6. The number of piperidine rings is 1. The number of carbonyl (C=O) groups excluding carboxylic acids is 2. The van der Waals surface area contributed by atoms with E-state index >= 15 is 0 Å². The molecule has 2 fully saturated rings. The molecular weight excluding hydrogens is 402 g/mol. The molecule has 0 unspecified atom stereocenters. The maximum atomic E-state index is 12.8. The number of morpholine rings is 1. The topological polar surface area (TPSA) is 77.5 Å². The van der Waals surface area contributed by atoms with E-state index in [1.807, 2.05) is 4.90 Å². The minimum absolute atomic E-state index is 0.0232. The van der Waals surface area contributed by atoms with Crippen LogP contribution >= 0.6 is 11.3 Å². The predicted molar refractivity (Wildman–Crippen MR) is 119 cm³/mol. The van der Waals surface area contributed by atoms with Crippen LogP contribution in [0.4, 0.5) is 0 Å². The first-order valence-electron chi connectivity index (χ1n) is 10.7. The molecule has 30 heavy (non-hydrogen) atoms. The number of carbonyl (C=O) groups is 2. The van der Waals surface area contributed by atoms with Crippen molar-refractivity contribution in [3.63, 3.8) is 0 Å². The van der Waals surface area contributed by atoms with E-state index < -0.39 is 0 Å². The second-order valence-corrected chi connectivity index (χ2v) is 8.92. The highest BCUT2D eigenvalue weighted by molar-refractivity contribution is 7.09. The Morgan fingerprint density at radius 1 is 1.20 bits per heavy atom. The van der Waals surface area contributed by atoms with Crippen LogP contribution in [0.2, 0.25) is 0 Å². The summed E-state index contributed by atoms with van der Waals surface area (Å²) in [6, 6.07) is 4.18. The molecule has 0 atom stereocenters. The van der Waals surface area contributed by atoms with Crippen LogP contribution in [-0.2, 0) is 20.7 Å². The van der Waals surface area contributed by atoms with Crippen LogP contribution in [0.1, 0.15) is 17.7 Å². The summed E-state index contributed by atoms with van der Waals surface area (Å²) in [5, 5.41) is 5.51. The first kappa shape index (κ1) is 22.6.